The highest BCUT2D eigenvalue weighted by atomic mass is 16.3. The normalized spacial score (nSPS) is 16.0. The lowest BCUT2D eigenvalue weighted by Crippen LogP contribution is -2.47. The van der Waals surface area contributed by atoms with E-state index in [1.807, 2.05) is 18.2 Å². The lowest BCUT2D eigenvalue weighted by Gasteiger charge is -2.36. The first-order valence-electron chi connectivity index (χ1n) is 9.38. The number of fused-ring (bicyclic) bond motifs is 1. The summed E-state index contributed by atoms with van der Waals surface area (Å²) in [5.41, 5.74) is 0.830. The molecule has 3 heterocycles. The number of hydrogen-bond donors (Lipinski definition) is 2. The van der Waals surface area contributed by atoms with Gasteiger partial charge in [0.25, 0.3) is 5.56 Å². The van der Waals surface area contributed by atoms with Crippen LogP contribution in [0, 0.1) is 0 Å². The van der Waals surface area contributed by atoms with Gasteiger partial charge in [-0.3, -0.25) is 14.3 Å². The summed E-state index contributed by atoms with van der Waals surface area (Å²) in [5.74, 6) is 0.607. The molecule has 1 atom stereocenters. The molecule has 9 heteroatoms. The van der Waals surface area contributed by atoms with Gasteiger partial charge in [-0.2, -0.15) is 4.98 Å². The van der Waals surface area contributed by atoms with Crippen LogP contribution in [0.3, 0.4) is 0 Å². The first-order valence-corrected chi connectivity index (χ1v) is 9.38. The fraction of sp³-hybridized carbons (Fsp3) is 0.421. The van der Waals surface area contributed by atoms with Crippen molar-refractivity contribution in [2.75, 3.05) is 36.0 Å². The molecule has 2 aromatic heterocycles. The standard InChI is InChI=1S/C19H24N6O3/c1-13(26)12-25-15-16(22(2)19(28)21-17(15)27)20-18(25)24-10-8-23(9-11-24)14-6-4-3-5-7-14/h3-7,13,26H,8-12H2,1-2H3,(H,21,27,28). The molecule has 0 aliphatic carbocycles. The van der Waals surface area contributed by atoms with E-state index in [2.05, 4.69) is 31.9 Å². The van der Waals surface area contributed by atoms with Crippen LogP contribution in [0.5, 0.6) is 0 Å². The maximum Gasteiger partial charge on any atom is 0.329 e. The van der Waals surface area contributed by atoms with Crippen molar-refractivity contribution in [3.8, 4) is 0 Å². The van der Waals surface area contributed by atoms with Gasteiger partial charge in [0.05, 0.1) is 12.6 Å². The average molecular weight is 384 g/mol. The Morgan fingerprint density at radius 3 is 2.39 bits per heavy atom. The number of aryl methyl sites for hydroxylation is 1. The highest BCUT2D eigenvalue weighted by Crippen LogP contribution is 2.23. The number of H-pyrrole nitrogens is 1. The molecule has 0 saturated carbocycles. The molecule has 1 saturated heterocycles. The molecule has 0 bridgehead atoms. The van der Waals surface area contributed by atoms with Gasteiger partial charge in [-0.05, 0) is 19.1 Å². The van der Waals surface area contributed by atoms with E-state index in [-0.39, 0.29) is 6.54 Å². The molecule has 0 amide bonds. The van der Waals surface area contributed by atoms with Gasteiger partial charge in [0.15, 0.2) is 11.2 Å². The second-order valence-corrected chi connectivity index (χ2v) is 7.17. The van der Waals surface area contributed by atoms with Crippen LogP contribution < -0.4 is 21.0 Å². The molecule has 1 fully saturated rings. The molecule has 3 aromatic rings. The molecule has 4 rings (SSSR count). The largest absolute Gasteiger partial charge is 0.392 e. The second-order valence-electron chi connectivity index (χ2n) is 7.17. The Hall–Kier alpha value is -3.07. The van der Waals surface area contributed by atoms with E-state index in [0.29, 0.717) is 17.1 Å². The van der Waals surface area contributed by atoms with Gasteiger partial charge in [0.1, 0.15) is 0 Å². The molecule has 28 heavy (non-hydrogen) atoms. The molecule has 1 aliphatic heterocycles. The Bertz CT molecular complexity index is 1090. The van der Waals surface area contributed by atoms with Crippen molar-refractivity contribution in [2.24, 2.45) is 7.05 Å². The minimum Gasteiger partial charge on any atom is -0.392 e. The number of aromatic amines is 1. The Kier molecular flexibility index (Phi) is 4.68. The van der Waals surface area contributed by atoms with E-state index in [1.54, 1.807) is 18.5 Å². The first kappa shape index (κ1) is 18.3. The summed E-state index contributed by atoms with van der Waals surface area (Å²) in [6.07, 6.45) is -0.654. The van der Waals surface area contributed by atoms with Crippen LogP contribution in [0.25, 0.3) is 11.2 Å². The summed E-state index contributed by atoms with van der Waals surface area (Å²) in [6.45, 7) is 4.98. The van der Waals surface area contributed by atoms with Gasteiger partial charge in [0, 0.05) is 38.9 Å². The molecule has 1 unspecified atom stereocenters. The minimum atomic E-state index is -0.654. The number of imidazole rings is 1. The molecule has 0 radical (unpaired) electrons. The van der Waals surface area contributed by atoms with Crippen LogP contribution >= 0.6 is 0 Å². The summed E-state index contributed by atoms with van der Waals surface area (Å²) in [6, 6.07) is 10.2. The lowest BCUT2D eigenvalue weighted by molar-refractivity contribution is 0.175. The zero-order chi connectivity index (χ0) is 19.8. The number of piperazine rings is 1. The number of aromatic nitrogens is 4. The topological polar surface area (TPSA) is 99.4 Å². The smallest absolute Gasteiger partial charge is 0.329 e. The molecule has 148 valence electrons. The third-order valence-electron chi connectivity index (χ3n) is 5.12. The van der Waals surface area contributed by atoms with Crippen molar-refractivity contribution >= 4 is 22.8 Å². The van der Waals surface area contributed by atoms with Crippen LogP contribution in [-0.2, 0) is 13.6 Å². The number of nitrogens with zero attached hydrogens (tertiary/aromatic N) is 5. The first-order chi connectivity index (χ1) is 13.5. The van der Waals surface area contributed by atoms with Crippen LogP contribution in [-0.4, -0.2) is 56.5 Å². The molecule has 2 N–H and O–H groups in total. The maximum atomic E-state index is 12.4. The highest BCUT2D eigenvalue weighted by Gasteiger charge is 2.25. The zero-order valence-corrected chi connectivity index (χ0v) is 16.0. The Morgan fingerprint density at radius 1 is 1.11 bits per heavy atom. The highest BCUT2D eigenvalue weighted by molar-refractivity contribution is 5.74. The number of anilines is 2. The van der Waals surface area contributed by atoms with Gasteiger partial charge in [0.2, 0.25) is 5.95 Å². The van der Waals surface area contributed by atoms with Crippen molar-refractivity contribution in [1.82, 2.24) is 19.1 Å². The number of benzene rings is 1. The number of aliphatic hydroxyl groups is 1. The number of hydrogen-bond acceptors (Lipinski definition) is 6. The maximum absolute atomic E-state index is 12.4. The number of aliphatic hydroxyl groups excluding tert-OH is 1. The van der Waals surface area contributed by atoms with Gasteiger partial charge < -0.3 is 19.5 Å². The van der Waals surface area contributed by atoms with Crippen LogP contribution in [0.15, 0.2) is 39.9 Å². The fourth-order valence-electron chi connectivity index (χ4n) is 3.71. The third kappa shape index (κ3) is 3.18. The quantitative estimate of drug-likeness (QED) is 0.663. The molecular formula is C19H24N6O3. The third-order valence-corrected chi connectivity index (χ3v) is 5.12. The second kappa shape index (κ2) is 7.16. The van der Waals surface area contributed by atoms with Gasteiger partial charge in [-0.25, -0.2) is 4.79 Å². The van der Waals surface area contributed by atoms with Gasteiger partial charge >= 0.3 is 5.69 Å². The van der Waals surface area contributed by atoms with Crippen molar-refractivity contribution in [2.45, 2.75) is 19.6 Å². The van der Waals surface area contributed by atoms with E-state index < -0.39 is 17.4 Å². The number of nitrogens with one attached hydrogen (secondary N) is 1. The average Bonchev–Trinajstić information content (AvgIpc) is 3.06. The summed E-state index contributed by atoms with van der Waals surface area (Å²) in [7, 11) is 1.58. The summed E-state index contributed by atoms with van der Waals surface area (Å²) in [5, 5.41) is 9.96. The van der Waals surface area contributed by atoms with Gasteiger partial charge in [-0.1, -0.05) is 18.2 Å². The van der Waals surface area contributed by atoms with Crippen LogP contribution in [0.2, 0.25) is 0 Å². The molecule has 9 nitrogen and oxygen atoms in total. The zero-order valence-electron chi connectivity index (χ0n) is 16.0. The predicted octanol–water partition coefficient (Wildman–Crippen LogP) is 0.131. The summed E-state index contributed by atoms with van der Waals surface area (Å²) >= 11 is 0. The van der Waals surface area contributed by atoms with Crippen LogP contribution in [0.1, 0.15) is 6.92 Å². The minimum absolute atomic E-state index is 0.228. The fourth-order valence-corrected chi connectivity index (χ4v) is 3.71. The molecule has 0 spiro atoms. The predicted molar refractivity (Wildman–Crippen MR) is 108 cm³/mol. The molecule has 1 aromatic carbocycles. The number of rotatable bonds is 4. The van der Waals surface area contributed by atoms with Gasteiger partial charge in [-0.15, -0.1) is 0 Å². The van der Waals surface area contributed by atoms with E-state index in [9.17, 15) is 14.7 Å². The van der Waals surface area contributed by atoms with Crippen molar-refractivity contribution in [3.63, 3.8) is 0 Å². The Morgan fingerprint density at radius 2 is 1.75 bits per heavy atom. The monoisotopic (exact) mass is 384 g/mol. The van der Waals surface area contributed by atoms with Crippen LogP contribution in [0.4, 0.5) is 11.6 Å². The summed E-state index contributed by atoms with van der Waals surface area (Å²) in [4.78, 5) is 35.8. The van der Waals surface area contributed by atoms with E-state index in [0.717, 1.165) is 26.2 Å². The number of para-hydroxylation sites is 1. The molecule has 1 aliphatic rings. The summed E-state index contributed by atoms with van der Waals surface area (Å²) < 4.78 is 3.05. The van der Waals surface area contributed by atoms with E-state index in [4.69, 9.17) is 0 Å². The SMILES string of the molecule is CC(O)Cn1c(N2CCN(c3ccccc3)CC2)nc2c1c(=O)[nH]c(=O)n2C. The van der Waals surface area contributed by atoms with Crippen molar-refractivity contribution in [1.29, 1.82) is 0 Å². The van der Waals surface area contributed by atoms with Crippen molar-refractivity contribution < 1.29 is 5.11 Å². The van der Waals surface area contributed by atoms with Crippen molar-refractivity contribution in [3.05, 3.63) is 51.2 Å². The van der Waals surface area contributed by atoms with E-state index in [1.165, 1.54) is 10.3 Å². The Balaban J connectivity index is 1.71. The lowest BCUT2D eigenvalue weighted by atomic mass is 10.2. The Labute approximate surface area is 161 Å². The molecular weight excluding hydrogens is 360 g/mol. The van der Waals surface area contributed by atoms with E-state index >= 15 is 0 Å².